The van der Waals surface area contributed by atoms with Crippen molar-refractivity contribution in [2.75, 3.05) is 13.1 Å². The number of amides is 1. The average molecular weight is 289 g/mol. The zero-order valence-electron chi connectivity index (χ0n) is 13.1. The van der Waals surface area contributed by atoms with Gasteiger partial charge in [0.05, 0.1) is 6.04 Å². The first-order chi connectivity index (χ1) is 10.0. The number of hydrogen-bond acceptors (Lipinski definition) is 3. The van der Waals surface area contributed by atoms with E-state index in [4.69, 9.17) is 5.73 Å². The van der Waals surface area contributed by atoms with Crippen molar-refractivity contribution in [1.82, 2.24) is 10.2 Å². The molecule has 1 aromatic carbocycles. The number of nitrogens with zero attached hydrogens (tertiary/aromatic N) is 1. The molecular formula is C17H27N3O. The summed E-state index contributed by atoms with van der Waals surface area (Å²) in [5, 5.41) is 2.83. The highest BCUT2D eigenvalue weighted by Gasteiger charge is 2.15. The number of benzene rings is 1. The van der Waals surface area contributed by atoms with Crippen LogP contribution in [0.2, 0.25) is 0 Å². The Balaban J connectivity index is 1.80. The van der Waals surface area contributed by atoms with Crippen molar-refractivity contribution < 1.29 is 4.79 Å². The Hall–Kier alpha value is -1.39. The Labute approximate surface area is 127 Å². The lowest BCUT2D eigenvalue weighted by atomic mass is 9.99. The van der Waals surface area contributed by atoms with Crippen molar-refractivity contribution in [2.24, 2.45) is 11.7 Å². The summed E-state index contributed by atoms with van der Waals surface area (Å²) in [4.78, 5) is 14.0. The molecule has 1 fully saturated rings. The number of carbonyl (C=O) groups excluding carboxylic acids is 1. The summed E-state index contributed by atoms with van der Waals surface area (Å²) in [5.41, 5.74) is 7.97. The molecule has 0 radical (unpaired) electrons. The molecule has 1 amide bonds. The molecule has 1 aromatic rings. The van der Waals surface area contributed by atoms with E-state index in [9.17, 15) is 4.79 Å². The molecule has 4 heteroatoms. The van der Waals surface area contributed by atoms with Gasteiger partial charge in [0.2, 0.25) is 5.91 Å². The summed E-state index contributed by atoms with van der Waals surface area (Å²) in [6.07, 6.45) is 2.61. The Morgan fingerprint density at radius 3 is 2.43 bits per heavy atom. The van der Waals surface area contributed by atoms with Crippen LogP contribution in [0.15, 0.2) is 24.3 Å². The molecule has 4 nitrogen and oxygen atoms in total. The van der Waals surface area contributed by atoms with Crippen LogP contribution in [0.25, 0.3) is 0 Å². The maximum absolute atomic E-state index is 11.4. The van der Waals surface area contributed by atoms with E-state index in [1.807, 2.05) is 0 Å². The van der Waals surface area contributed by atoms with Crippen molar-refractivity contribution in [1.29, 1.82) is 0 Å². The summed E-state index contributed by atoms with van der Waals surface area (Å²) >= 11 is 0. The SMILES string of the molecule is CC1CCN(Cc2ccc(CNC(=O)C(C)N)cc2)CC1. The molecule has 1 atom stereocenters. The van der Waals surface area contributed by atoms with Gasteiger partial charge in [0, 0.05) is 13.1 Å². The van der Waals surface area contributed by atoms with Crippen molar-refractivity contribution in [3.05, 3.63) is 35.4 Å². The number of nitrogens with two attached hydrogens (primary N) is 1. The minimum atomic E-state index is -0.453. The summed E-state index contributed by atoms with van der Waals surface area (Å²) in [7, 11) is 0. The third kappa shape index (κ3) is 5.14. The summed E-state index contributed by atoms with van der Waals surface area (Å²) in [6, 6.07) is 8.04. The molecule has 1 saturated heterocycles. The van der Waals surface area contributed by atoms with Crippen LogP contribution in [-0.2, 0) is 17.9 Å². The number of hydrogen-bond donors (Lipinski definition) is 2. The van der Waals surface area contributed by atoms with E-state index in [0.717, 1.165) is 18.0 Å². The first-order valence-corrected chi connectivity index (χ1v) is 7.88. The summed E-state index contributed by atoms with van der Waals surface area (Å²) in [6.45, 7) is 8.00. The lowest BCUT2D eigenvalue weighted by Gasteiger charge is -2.30. The predicted octanol–water partition coefficient (Wildman–Crippen LogP) is 1.88. The average Bonchev–Trinajstić information content (AvgIpc) is 2.48. The fourth-order valence-electron chi connectivity index (χ4n) is 2.59. The second-order valence-corrected chi connectivity index (χ2v) is 6.28. The van der Waals surface area contributed by atoms with Gasteiger partial charge in [-0.25, -0.2) is 0 Å². The summed E-state index contributed by atoms with van der Waals surface area (Å²) < 4.78 is 0. The predicted molar refractivity (Wildman–Crippen MR) is 85.6 cm³/mol. The zero-order chi connectivity index (χ0) is 15.2. The van der Waals surface area contributed by atoms with Crippen LogP contribution in [0.4, 0.5) is 0 Å². The van der Waals surface area contributed by atoms with E-state index in [1.54, 1.807) is 6.92 Å². The lowest BCUT2D eigenvalue weighted by Crippen LogP contribution is -2.37. The highest BCUT2D eigenvalue weighted by molar-refractivity contribution is 5.80. The summed E-state index contributed by atoms with van der Waals surface area (Å²) in [5.74, 6) is 0.763. The van der Waals surface area contributed by atoms with Gasteiger partial charge in [0.1, 0.15) is 0 Å². The van der Waals surface area contributed by atoms with Crippen LogP contribution < -0.4 is 11.1 Å². The van der Waals surface area contributed by atoms with Crippen LogP contribution in [0.1, 0.15) is 37.8 Å². The van der Waals surface area contributed by atoms with Crippen LogP contribution in [0.5, 0.6) is 0 Å². The number of rotatable bonds is 5. The molecule has 1 aliphatic heterocycles. The van der Waals surface area contributed by atoms with E-state index >= 15 is 0 Å². The Bertz CT molecular complexity index is 448. The van der Waals surface area contributed by atoms with Gasteiger partial charge in [-0.2, -0.15) is 0 Å². The van der Waals surface area contributed by atoms with Gasteiger partial charge in [0.15, 0.2) is 0 Å². The van der Waals surface area contributed by atoms with Crippen LogP contribution in [-0.4, -0.2) is 29.9 Å². The number of likely N-dealkylation sites (tertiary alicyclic amines) is 1. The molecule has 2 rings (SSSR count). The van der Waals surface area contributed by atoms with Crippen LogP contribution >= 0.6 is 0 Å². The van der Waals surface area contributed by atoms with Gasteiger partial charge in [-0.05, 0) is 49.9 Å². The fourth-order valence-corrected chi connectivity index (χ4v) is 2.59. The maximum Gasteiger partial charge on any atom is 0.236 e. The highest BCUT2D eigenvalue weighted by Crippen LogP contribution is 2.18. The minimum Gasteiger partial charge on any atom is -0.351 e. The minimum absolute atomic E-state index is 0.110. The topological polar surface area (TPSA) is 58.4 Å². The van der Waals surface area contributed by atoms with Gasteiger partial charge in [-0.15, -0.1) is 0 Å². The fraction of sp³-hybridized carbons (Fsp3) is 0.588. The largest absolute Gasteiger partial charge is 0.351 e. The molecule has 1 unspecified atom stereocenters. The number of piperidine rings is 1. The highest BCUT2D eigenvalue weighted by atomic mass is 16.2. The molecule has 0 aliphatic carbocycles. The van der Waals surface area contributed by atoms with E-state index in [-0.39, 0.29) is 5.91 Å². The van der Waals surface area contributed by atoms with Gasteiger partial charge >= 0.3 is 0 Å². The van der Waals surface area contributed by atoms with Gasteiger partial charge < -0.3 is 11.1 Å². The third-order valence-electron chi connectivity index (χ3n) is 4.19. The number of carbonyl (C=O) groups is 1. The van der Waals surface area contributed by atoms with E-state index in [1.165, 1.54) is 31.5 Å². The Morgan fingerprint density at radius 2 is 1.86 bits per heavy atom. The molecule has 21 heavy (non-hydrogen) atoms. The molecule has 0 bridgehead atoms. The van der Waals surface area contributed by atoms with Crippen LogP contribution in [0, 0.1) is 5.92 Å². The van der Waals surface area contributed by atoms with Crippen LogP contribution in [0.3, 0.4) is 0 Å². The van der Waals surface area contributed by atoms with E-state index in [0.29, 0.717) is 6.54 Å². The molecule has 0 aromatic heterocycles. The number of nitrogens with one attached hydrogen (secondary N) is 1. The second kappa shape index (κ2) is 7.57. The Morgan fingerprint density at radius 1 is 1.29 bits per heavy atom. The molecule has 3 N–H and O–H groups in total. The van der Waals surface area contributed by atoms with Crippen molar-refractivity contribution in [2.45, 2.75) is 45.8 Å². The lowest BCUT2D eigenvalue weighted by molar-refractivity contribution is -0.122. The van der Waals surface area contributed by atoms with Gasteiger partial charge in [-0.1, -0.05) is 31.2 Å². The first kappa shape index (κ1) is 16.0. The van der Waals surface area contributed by atoms with Gasteiger partial charge in [-0.3, -0.25) is 9.69 Å². The van der Waals surface area contributed by atoms with E-state index < -0.39 is 6.04 Å². The Kier molecular flexibility index (Phi) is 5.76. The van der Waals surface area contributed by atoms with E-state index in [2.05, 4.69) is 41.4 Å². The van der Waals surface area contributed by atoms with Gasteiger partial charge in [0.25, 0.3) is 0 Å². The molecular weight excluding hydrogens is 262 g/mol. The van der Waals surface area contributed by atoms with Crippen molar-refractivity contribution >= 4 is 5.91 Å². The zero-order valence-corrected chi connectivity index (χ0v) is 13.1. The first-order valence-electron chi connectivity index (χ1n) is 7.88. The molecule has 0 saturated carbocycles. The molecule has 0 spiro atoms. The quantitative estimate of drug-likeness (QED) is 0.870. The molecule has 1 heterocycles. The second-order valence-electron chi connectivity index (χ2n) is 6.28. The van der Waals surface area contributed by atoms with Crippen molar-refractivity contribution in [3.8, 4) is 0 Å². The molecule has 1 aliphatic rings. The molecule has 116 valence electrons. The standard InChI is InChI=1S/C17H27N3O/c1-13-7-9-20(10-8-13)12-16-5-3-15(4-6-16)11-19-17(21)14(2)18/h3-6,13-14H,7-12,18H2,1-2H3,(H,19,21). The smallest absolute Gasteiger partial charge is 0.236 e. The normalized spacial score (nSPS) is 18.4. The van der Waals surface area contributed by atoms with Crippen molar-refractivity contribution in [3.63, 3.8) is 0 Å². The monoisotopic (exact) mass is 289 g/mol. The maximum atomic E-state index is 11.4. The third-order valence-corrected chi connectivity index (χ3v) is 4.19.